The van der Waals surface area contributed by atoms with Gasteiger partial charge in [-0.2, -0.15) is 0 Å². The summed E-state index contributed by atoms with van der Waals surface area (Å²) in [6.07, 6.45) is 0. The van der Waals surface area contributed by atoms with Crippen LogP contribution in [0.4, 0.5) is 0 Å². The highest BCUT2D eigenvalue weighted by molar-refractivity contribution is 5.94. The first-order chi connectivity index (χ1) is 13.1. The summed E-state index contributed by atoms with van der Waals surface area (Å²) < 4.78 is 5.17. The summed E-state index contributed by atoms with van der Waals surface area (Å²) in [4.78, 5) is 24.2. The van der Waals surface area contributed by atoms with E-state index in [1.54, 1.807) is 24.3 Å². The minimum atomic E-state index is -0.357. The minimum absolute atomic E-state index is 0.136. The molecule has 2 N–H and O–H groups in total. The van der Waals surface area contributed by atoms with Gasteiger partial charge in [0.1, 0.15) is 5.69 Å². The van der Waals surface area contributed by atoms with Crippen molar-refractivity contribution in [1.82, 2.24) is 15.8 Å². The molecule has 1 aromatic heterocycles. The Hall–Kier alpha value is -3.41. The summed E-state index contributed by atoms with van der Waals surface area (Å²) in [6.45, 7) is 4.72. The monoisotopic (exact) mass is 363 g/mol. The van der Waals surface area contributed by atoms with Crippen LogP contribution in [-0.4, -0.2) is 23.5 Å². The molecule has 0 saturated carbocycles. The molecule has 0 aliphatic rings. The van der Waals surface area contributed by atoms with Gasteiger partial charge in [-0.25, -0.2) is 0 Å². The molecule has 138 valence electrons. The van der Waals surface area contributed by atoms with Crippen molar-refractivity contribution >= 4 is 11.8 Å². The smallest absolute Gasteiger partial charge is 0.290 e. The van der Waals surface area contributed by atoms with E-state index in [9.17, 15) is 9.59 Å². The first kappa shape index (κ1) is 18.4. The molecule has 2 amide bonds. The van der Waals surface area contributed by atoms with Crippen LogP contribution in [0.3, 0.4) is 0 Å². The molecule has 0 unspecified atom stereocenters. The maximum atomic E-state index is 12.3. The van der Waals surface area contributed by atoms with Crippen LogP contribution in [0.25, 0.3) is 11.3 Å². The predicted octanol–water partition coefficient (Wildman–Crippen LogP) is 3.33. The standard InChI is InChI=1S/C21H21N3O3/c1-3-22-20(25)17-6-4-5-15(11-17)13-23-21(26)19-12-18(24-27-19)16-9-7-14(2)8-10-16/h4-12H,3,13H2,1-2H3,(H,22,25)(H,23,26). The molecule has 0 radical (unpaired) electrons. The highest BCUT2D eigenvalue weighted by Gasteiger charge is 2.14. The lowest BCUT2D eigenvalue weighted by Crippen LogP contribution is -2.24. The molecule has 3 rings (SSSR count). The van der Waals surface area contributed by atoms with Crippen molar-refractivity contribution in [2.75, 3.05) is 6.54 Å². The molecular formula is C21H21N3O3. The zero-order valence-electron chi connectivity index (χ0n) is 15.3. The Bertz CT molecular complexity index is 945. The zero-order chi connectivity index (χ0) is 19.2. The van der Waals surface area contributed by atoms with Crippen molar-refractivity contribution in [1.29, 1.82) is 0 Å². The fraction of sp³-hybridized carbons (Fsp3) is 0.190. The number of nitrogens with one attached hydrogen (secondary N) is 2. The van der Waals surface area contributed by atoms with Crippen LogP contribution in [-0.2, 0) is 6.54 Å². The molecular weight excluding hydrogens is 342 g/mol. The lowest BCUT2D eigenvalue weighted by atomic mass is 10.1. The van der Waals surface area contributed by atoms with Gasteiger partial charge in [0.05, 0.1) is 0 Å². The number of hydrogen-bond acceptors (Lipinski definition) is 4. The summed E-state index contributed by atoms with van der Waals surface area (Å²) in [5.74, 6) is -0.349. The second-order valence-electron chi connectivity index (χ2n) is 6.18. The van der Waals surface area contributed by atoms with Gasteiger partial charge < -0.3 is 15.2 Å². The summed E-state index contributed by atoms with van der Waals surface area (Å²) in [5.41, 5.74) is 4.03. The van der Waals surface area contributed by atoms with Gasteiger partial charge in [-0.1, -0.05) is 47.1 Å². The molecule has 0 atom stereocenters. The average Bonchev–Trinajstić information content (AvgIpc) is 3.17. The van der Waals surface area contributed by atoms with Gasteiger partial charge in [-0.05, 0) is 31.5 Å². The number of hydrogen-bond donors (Lipinski definition) is 2. The van der Waals surface area contributed by atoms with Crippen molar-refractivity contribution in [2.24, 2.45) is 0 Å². The number of carbonyl (C=O) groups excluding carboxylic acids is 2. The second kappa shape index (κ2) is 8.31. The Balaban J connectivity index is 1.64. The van der Waals surface area contributed by atoms with Crippen LogP contribution >= 0.6 is 0 Å². The Labute approximate surface area is 157 Å². The molecule has 0 aliphatic carbocycles. The van der Waals surface area contributed by atoms with Crippen LogP contribution in [0.1, 0.15) is 39.0 Å². The first-order valence-electron chi connectivity index (χ1n) is 8.76. The third kappa shape index (κ3) is 4.61. The van der Waals surface area contributed by atoms with E-state index in [2.05, 4.69) is 15.8 Å². The van der Waals surface area contributed by atoms with Gasteiger partial charge in [0.2, 0.25) is 5.76 Å². The molecule has 6 heteroatoms. The van der Waals surface area contributed by atoms with E-state index < -0.39 is 0 Å². The fourth-order valence-electron chi connectivity index (χ4n) is 2.60. The topological polar surface area (TPSA) is 84.2 Å². The predicted molar refractivity (Wildman–Crippen MR) is 102 cm³/mol. The molecule has 6 nitrogen and oxygen atoms in total. The summed E-state index contributed by atoms with van der Waals surface area (Å²) >= 11 is 0. The van der Waals surface area contributed by atoms with Crippen molar-refractivity contribution in [3.05, 3.63) is 77.0 Å². The van der Waals surface area contributed by atoms with Gasteiger partial charge >= 0.3 is 0 Å². The number of amides is 2. The Morgan fingerprint density at radius 2 is 1.78 bits per heavy atom. The Morgan fingerprint density at radius 3 is 2.52 bits per heavy atom. The third-order valence-electron chi connectivity index (χ3n) is 4.06. The number of rotatable bonds is 6. The number of benzene rings is 2. The zero-order valence-corrected chi connectivity index (χ0v) is 15.3. The minimum Gasteiger partial charge on any atom is -0.352 e. The molecule has 0 bridgehead atoms. The quantitative estimate of drug-likeness (QED) is 0.704. The molecule has 2 aromatic carbocycles. The Kier molecular flexibility index (Phi) is 5.66. The van der Waals surface area contributed by atoms with Gasteiger partial charge in [0, 0.05) is 30.3 Å². The normalized spacial score (nSPS) is 10.4. The molecule has 3 aromatic rings. The molecule has 0 fully saturated rings. The van der Waals surface area contributed by atoms with E-state index in [-0.39, 0.29) is 24.1 Å². The molecule has 0 saturated heterocycles. The van der Waals surface area contributed by atoms with Gasteiger partial charge in [-0.15, -0.1) is 0 Å². The number of carbonyl (C=O) groups is 2. The number of aromatic nitrogens is 1. The van der Waals surface area contributed by atoms with E-state index in [0.717, 1.165) is 16.7 Å². The van der Waals surface area contributed by atoms with Crippen molar-refractivity contribution in [3.63, 3.8) is 0 Å². The van der Waals surface area contributed by atoms with E-state index in [1.165, 1.54) is 0 Å². The molecule has 1 heterocycles. The number of nitrogens with zero attached hydrogens (tertiary/aromatic N) is 1. The van der Waals surface area contributed by atoms with Crippen molar-refractivity contribution in [2.45, 2.75) is 20.4 Å². The van der Waals surface area contributed by atoms with Gasteiger partial charge in [-0.3, -0.25) is 9.59 Å². The number of aryl methyl sites for hydroxylation is 1. The highest BCUT2D eigenvalue weighted by Crippen LogP contribution is 2.19. The van der Waals surface area contributed by atoms with Crippen LogP contribution in [0.2, 0.25) is 0 Å². The average molecular weight is 363 g/mol. The van der Waals surface area contributed by atoms with E-state index >= 15 is 0 Å². The molecule has 0 aliphatic heterocycles. The van der Waals surface area contributed by atoms with E-state index in [1.807, 2.05) is 44.2 Å². The summed E-state index contributed by atoms with van der Waals surface area (Å²) in [6, 6.07) is 16.6. The lowest BCUT2D eigenvalue weighted by molar-refractivity contribution is 0.0913. The van der Waals surface area contributed by atoms with E-state index in [0.29, 0.717) is 17.8 Å². The maximum absolute atomic E-state index is 12.3. The first-order valence-corrected chi connectivity index (χ1v) is 8.76. The van der Waals surface area contributed by atoms with Crippen LogP contribution in [0, 0.1) is 6.92 Å². The summed E-state index contributed by atoms with van der Waals surface area (Å²) in [7, 11) is 0. The SMILES string of the molecule is CCNC(=O)c1cccc(CNC(=O)c2cc(-c3ccc(C)cc3)no2)c1. The van der Waals surface area contributed by atoms with Crippen LogP contribution < -0.4 is 10.6 Å². The Morgan fingerprint density at radius 1 is 1.00 bits per heavy atom. The second-order valence-corrected chi connectivity index (χ2v) is 6.18. The van der Waals surface area contributed by atoms with Gasteiger partial charge in [0.25, 0.3) is 11.8 Å². The van der Waals surface area contributed by atoms with E-state index in [4.69, 9.17) is 4.52 Å². The maximum Gasteiger partial charge on any atom is 0.290 e. The van der Waals surface area contributed by atoms with Crippen molar-refractivity contribution < 1.29 is 14.1 Å². The van der Waals surface area contributed by atoms with Crippen LogP contribution in [0.5, 0.6) is 0 Å². The summed E-state index contributed by atoms with van der Waals surface area (Å²) in [5, 5.41) is 9.50. The largest absolute Gasteiger partial charge is 0.352 e. The van der Waals surface area contributed by atoms with Crippen molar-refractivity contribution in [3.8, 4) is 11.3 Å². The molecule has 0 spiro atoms. The van der Waals surface area contributed by atoms with Crippen LogP contribution in [0.15, 0.2) is 59.1 Å². The third-order valence-corrected chi connectivity index (χ3v) is 4.06. The van der Waals surface area contributed by atoms with Gasteiger partial charge in [0.15, 0.2) is 0 Å². The lowest BCUT2D eigenvalue weighted by Gasteiger charge is -2.06. The highest BCUT2D eigenvalue weighted by atomic mass is 16.5. The fourth-order valence-corrected chi connectivity index (χ4v) is 2.60. The molecule has 27 heavy (non-hydrogen) atoms.